The van der Waals surface area contributed by atoms with Crippen LogP contribution in [0.5, 0.6) is 11.5 Å². The van der Waals surface area contributed by atoms with Gasteiger partial charge in [-0.15, -0.1) is 12.4 Å². The number of aromatic nitrogens is 1. The van der Waals surface area contributed by atoms with Crippen molar-refractivity contribution in [1.82, 2.24) is 10.3 Å². The minimum atomic E-state index is -0.400. The van der Waals surface area contributed by atoms with Crippen LogP contribution in [0.15, 0.2) is 51.0 Å². The number of benzene rings is 2. The molecule has 0 atom stereocenters. The van der Waals surface area contributed by atoms with Crippen molar-refractivity contribution in [3.8, 4) is 11.5 Å². The molecule has 0 amide bonds. The first-order valence-corrected chi connectivity index (χ1v) is 10.5. The lowest BCUT2D eigenvalue weighted by atomic mass is 10.1. The van der Waals surface area contributed by atoms with Gasteiger partial charge in [-0.2, -0.15) is 0 Å². The SMILES string of the molecule is Cl.O=c1[nH]c2cc(Cl)cc(Cl)c2c(O)c1Sc1ccc(OC2CCNCC2)cc1. The molecular formula is C20H19Cl3N2O3S. The number of fused-ring (bicyclic) bond motifs is 1. The molecule has 2 aromatic carbocycles. The zero-order valence-electron chi connectivity index (χ0n) is 15.2. The van der Waals surface area contributed by atoms with Gasteiger partial charge in [0.1, 0.15) is 22.5 Å². The van der Waals surface area contributed by atoms with E-state index in [1.165, 1.54) is 17.8 Å². The fraction of sp³-hybridized carbons (Fsp3) is 0.250. The largest absolute Gasteiger partial charge is 0.506 e. The highest BCUT2D eigenvalue weighted by Gasteiger charge is 2.17. The molecule has 2 heterocycles. The quantitative estimate of drug-likeness (QED) is 0.483. The summed E-state index contributed by atoms with van der Waals surface area (Å²) in [7, 11) is 0. The number of rotatable bonds is 4. The van der Waals surface area contributed by atoms with E-state index in [2.05, 4.69) is 10.3 Å². The van der Waals surface area contributed by atoms with Crippen molar-refractivity contribution in [2.75, 3.05) is 13.1 Å². The van der Waals surface area contributed by atoms with Gasteiger partial charge in [0.2, 0.25) is 0 Å². The summed E-state index contributed by atoms with van der Waals surface area (Å²) in [6.45, 7) is 1.94. The minimum Gasteiger partial charge on any atom is -0.506 e. The molecule has 1 aliphatic rings. The topological polar surface area (TPSA) is 74.4 Å². The number of aromatic hydroxyl groups is 1. The number of aromatic amines is 1. The second-order valence-corrected chi connectivity index (χ2v) is 8.51. The molecule has 0 unspecified atom stereocenters. The zero-order valence-corrected chi connectivity index (χ0v) is 18.4. The number of H-pyrrole nitrogens is 1. The Bertz CT molecular complexity index is 1070. The van der Waals surface area contributed by atoms with Crippen LogP contribution in [0.2, 0.25) is 10.0 Å². The third-order valence-electron chi connectivity index (χ3n) is 4.59. The third-order valence-corrected chi connectivity index (χ3v) is 6.20. The van der Waals surface area contributed by atoms with Gasteiger partial charge in [-0.05, 0) is 62.3 Å². The van der Waals surface area contributed by atoms with Gasteiger partial charge < -0.3 is 20.1 Å². The third kappa shape index (κ3) is 4.95. The van der Waals surface area contributed by atoms with Gasteiger partial charge in [-0.3, -0.25) is 4.79 Å². The van der Waals surface area contributed by atoms with Crippen LogP contribution in [-0.2, 0) is 0 Å². The Balaban J connectivity index is 0.00000240. The van der Waals surface area contributed by atoms with Gasteiger partial charge in [-0.25, -0.2) is 0 Å². The molecule has 3 aromatic rings. The van der Waals surface area contributed by atoms with E-state index in [0.717, 1.165) is 36.6 Å². The van der Waals surface area contributed by atoms with E-state index >= 15 is 0 Å². The summed E-state index contributed by atoms with van der Waals surface area (Å²) in [4.78, 5) is 16.2. The maximum absolute atomic E-state index is 12.5. The molecule has 0 spiro atoms. The van der Waals surface area contributed by atoms with Crippen LogP contribution in [0.3, 0.4) is 0 Å². The van der Waals surface area contributed by atoms with E-state index in [4.69, 9.17) is 27.9 Å². The molecular weight excluding hydrogens is 455 g/mol. The van der Waals surface area contributed by atoms with E-state index in [1.807, 2.05) is 24.3 Å². The van der Waals surface area contributed by atoms with Crippen molar-refractivity contribution in [2.45, 2.75) is 28.7 Å². The molecule has 29 heavy (non-hydrogen) atoms. The molecule has 0 aliphatic carbocycles. The monoisotopic (exact) mass is 472 g/mol. The van der Waals surface area contributed by atoms with E-state index in [-0.39, 0.29) is 34.2 Å². The Hall–Kier alpha value is -1.57. The predicted molar refractivity (Wildman–Crippen MR) is 121 cm³/mol. The number of pyridine rings is 1. The van der Waals surface area contributed by atoms with Crippen molar-refractivity contribution < 1.29 is 9.84 Å². The number of halogens is 3. The first kappa shape index (κ1) is 22.1. The molecule has 154 valence electrons. The summed E-state index contributed by atoms with van der Waals surface area (Å²) in [5.74, 6) is 0.644. The molecule has 0 bridgehead atoms. The average molecular weight is 474 g/mol. The highest BCUT2D eigenvalue weighted by molar-refractivity contribution is 7.99. The van der Waals surface area contributed by atoms with E-state index in [1.54, 1.807) is 6.07 Å². The molecule has 1 aromatic heterocycles. The lowest BCUT2D eigenvalue weighted by molar-refractivity contribution is 0.162. The van der Waals surface area contributed by atoms with Crippen molar-refractivity contribution in [1.29, 1.82) is 0 Å². The average Bonchev–Trinajstić information content (AvgIpc) is 2.66. The minimum absolute atomic E-state index is 0. The lowest BCUT2D eigenvalue weighted by Crippen LogP contribution is -2.34. The van der Waals surface area contributed by atoms with Gasteiger partial charge in [0.05, 0.1) is 15.9 Å². The highest BCUT2D eigenvalue weighted by Crippen LogP contribution is 2.40. The number of hydrogen-bond donors (Lipinski definition) is 3. The van der Waals surface area contributed by atoms with Crippen LogP contribution in [0.25, 0.3) is 10.9 Å². The predicted octanol–water partition coefficient (Wildman–Crippen LogP) is 5.24. The van der Waals surface area contributed by atoms with Crippen LogP contribution < -0.4 is 15.6 Å². The molecule has 1 aliphatic heterocycles. The fourth-order valence-corrected chi connectivity index (χ4v) is 4.65. The van der Waals surface area contributed by atoms with Crippen molar-refractivity contribution >= 4 is 58.3 Å². The standard InChI is InChI=1S/C20H18Cl2N2O3S.ClH/c21-11-9-15(22)17-16(10-11)24-20(26)19(18(17)25)28-14-3-1-12(2-4-14)27-13-5-7-23-8-6-13;/h1-4,9-10,13,23H,5-8H2,(H2,24,25,26);1H. The van der Waals surface area contributed by atoms with E-state index in [0.29, 0.717) is 15.9 Å². The summed E-state index contributed by atoms with van der Waals surface area (Å²) in [5.41, 5.74) is -0.00145. The normalized spacial score (nSPS) is 14.6. The molecule has 1 fully saturated rings. The Morgan fingerprint density at radius 1 is 1.10 bits per heavy atom. The van der Waals surface area contributed by atoms with Crippen molar-refractivity contribution in [3.05, 3.63) is 56.8 Å². The smallest absolute Gasteiger partial charge is 0.266 e. The molecule has 4 rings (SSSR count). The molecule has 0 radical (unpaired) electrons. The number of piperidine rings is 1. The number of nitrogens with one attached hydrogen (secondary N) is 2. The first-order valence-electron chi connectivity index (χ1n) is 8.90. The highest BCUT2D eigenvalue weighted by atomic mass is 35.5. The van der Waals surface area contributed by atoms with Crippen molar-refractivity contribution in [2.24, 2.45) is 0 Å². The number of hydrogen-bond acceptors (Lipinski definition) is 5. The lowest BCUT2D eigenvalue weighted by Gasteiger charge is -2.23. The van der Waals surface area contributed by atoms with E-state index in [9.17, 15) is 9.90 Å². The second-order valence-electron chi connectivity index (χ2n) is 6.58. The van der Waals surface area contributed by atoms with Gasteiger partial charge in [0.15, 0.2) is 0 Å². The summed E-state index contributed by atoms with van der Waals surface area (Å²) >= 11 is 13.4. The van der Waals surface area contributed by atoms with Gasteiger partial charge >= 0.3 is 0 Å². The number of ether oxygens (including phenoxy) is 1. The van der Waals surface area contributed by atoms with Crippen LogP contribution in [0.4, 0.5) is 0 Å². The Morgan fingerprint density at radius 2 is 1.79 bits per heavy atom. The molecule has 3 N–H and O–H groups in total. The molecule has 0 saturated carbocycles. The maximum atomic E-state index is 12.5. The Labute approximate surface area is 188 Å². The molecule has 5 nitrogen and oxygen atoms in total. The van der Waals surface area contributed by atoms with Crippen LogP contribution in [-0.4, -0.2) is 29.3 Å². The van der Waals surface area contributed by atoms with Gasteiger partial charge in [0.25, 0.3) is 5.56 Å². The van der Waals surface area contributed by atoms with Crippen LogP contribution >= 0.6 is 47.4 Å². The summed E-state index contributed by atoms with van der Waals surface area (Å²) in [5, 5.41) is 15.0. The first-order chi connectivity index (χ1) is 13.5. The molecule has 1 saturated heterocycles. The summed E-state index contributed by atoms with van der Waals surface area (Å²) < 4.78 is 6.00. The maximum Gasteiger partial charge on any atom is 0.266 e. The van der Waals surface area contributed by atoms with Gasteiger partial charge in [0, 0.05) is 9.92 Å². The zero-order chi connectivity index (χ0) is 19.7. The Morgan fingerprint density at radius 3 is 2.48 bits per heavy atom. The fourth-order valence-electron chi connectivity index (χ4n) is 3.22. The summed E-state index contributed by atoms with van der Waals surface area (Å²) in [6.07, 6.45) is 2.20. The van der Waals surface area contributed by atoms with Crippen LogP contribution in [0, 0.1) is 0 Å². The second kappa shape index (κ2) is 9.49. The Kier molecular flexibility index (Phi) is 7.24. The molecule has 9 heteroatoms. The van der Waals surface area contributed by atoms with Crippen molar-refractivity contribution in [3.63, 3.8) is 0 Å². The van der Waals surface area contributed by atoms with Crippen LogP contribution in [0.1, 0.15) is 12.8 Å². The summed E-state index contributed by atoms with van der Waals surface area (Å²) in [6, 6.07) is 10.6. The van der Waals surface area contributed by atoms with Gasteiger partial charge in [-0.1, -0.05) is 35.0 Å². The van der Waals surface area contributed by atoms with E-state index < -0.39 is 5.56 Å².